The highest BCUT2D eigenvalue weighted by Crippen LogP contribution is 2.22. The molecule has 1 heterocycles. The van der Waals surface area contributed by atoms with Crippen LogP contribution in [0.1, 0.15) is 40.5 Å². The first-order chi connectivity index (χ1) is 7.48. The Balaban J connectivity index is 2.47. The van der Waals surface area contributed by atoms with E-state index in [2.05, 4.69) is 24.8 Å². The Bertz CT molecular complexity index is 257. The van der Waals surface area contributed by atoms with Crippen LogP contribution in [0.3, 0.4) is 0 Å². The summed E-state index contributed by atoms with van der Waals surface area (Å²) in [5.74, 6) is 0. The average molecular weight is 224 g/mol. The number of nitrogens with zero attached hydrogens (tertiary/aromatic N) is 2. The van der Waals surface area contributed by atoms with Crippen molar-refractivity contribution in [2.75, 3.05) is 19.7 Å². The monoisotopic (exact) mass is 224 g/mol. The van der Waals surface area contributed by atoms with Gasteiger partial charge in [-0.3, -0.25) is 4.90 Å². The molecule has 16 heavy (non-hydrogen) atoms. The number of rotatable bonds is 4. The molecule has 2 atom stereocenters. The third-order valence-corrected chi connectivity index (χ3v) is 3.38. The van der Waals surface area contributed by atoms with E-state index < -0.39 is 0 Å². The molecule has 1 aliphatic rings. The summed E-state index contributed by atoms with van der Waals surface area (Å²) in [4.78, 5) is 2.48. The lowest BCUT2D eigenvalue weighted by molar-refractivity contribution is -0.0577. The largest absolute Gasteiger partial charge is 0.376 e. The van der Waals surface area contributed by atoms with E-state index in [1.54, 1.807) is 0 Å². The fourth-order valence-corrected chi connectivity index (χ4v) is 2.04. The van der Waals surface area contributed by atoms with E-state index in [4.69, 9.17) is 10.00 Å². The molecule has 1 saturated heterocycles. The zero-order valence-corrected chi connectivity index (χ0v) is 11.0. The topological polar surface area (TPSA) is 36.3 Å². The van der Waals surface area contributed by atoms with Crippen LogP contribution in [0.15, 0.2) is 0 Å². The zero-order valence-electron chi connectivity index (χ0n) is 11.0. The van der Waals surface area contributed by atoms with Crippen LogP contribution in [0, 0.1) is 16.7 Å². The summed E-state index contributed by atoms with van der Waals surface area (Å²) in [7, 11) is 0. The van der Waals surface area contributed by atoms with Crippen molar-refractivity contribution in [3.8, 4) is 6.07 Å². The highest BCUT2D eigenvalue weighted by atomic mass is 16.5. The molecule has 0 bridgehead atoms. The molecule has 0 radical (unpaired) electrons. The maximum absolute atomic E-state index is 9.01. The molecule has 0 spiro atoms. The van der Waals surface area contributed by atoms with E-state index in [0.29, 0.717) is 12.1 Å². The molecule has 1 aliphatic heterocycles. The second-order valence-electron chi connectivity index (χ2n) is 5.45. The Morgan fingerprint density at radius 3 is 2.75 bits per heavy atom. The molecular formula is C13H24N2O. The van der Waals surface area contributed by atoms with Crippen molar-refractivity contribution in [2.24, 2.45) is 5.41 Å². The van der Waals surface area contributed by atoms with Crippen molar-refractivity contribution in [1.82, 2.24) is 4.90 Å². The summed E-state index contributed by atoms with van der Waals surface area (Å²) in [6.45, 7) is 11.2. The lowest BCUT2D eigenvalue weighted by Gasteiger charge is -2.39. The third kappa shape index (κ3) is 3.77. The summed E-state index contributed by atoms with van der Waals surface area (Å²) in [5, 5.41) is 9.01. The van der Waals surface area contributed by atoms with Crippen molar-refractivity contribution >= 4 is 0 Å². The van der Waals surface area contributed by atoms with Gasteiger partial charge in [-0.1, -0.05) is 6.92 Å². The van der Waals surface area contributed by atoms with Gasteiger partial charge >= 0.3 is 0 Å². The summed E-state index contributed by atoms with van der Waals surface area (Å²) >= 11 is 0. The predicted octanol–water partition coefficient (Wildman–Crippen LogP) is 2.43. The van der Waals surface area contributed by atoms with Gasteiger partial charge in [-0.2, -0.15) is 5.26 Å². The average Bonchev–Trinajstić information content (AvgIpc) is 2.27. The van der Waals surface area contributed by atoms with Crippen LogP contribution in [-0.4, -0.2) is 36.7 Å². The lowest BCUT2D eigenvalue weighted by Crippen LogP contribution is -2.49. The number of nitriles is 1. The Morgan fingerprint density at radius 2 is 2.19 bits per heavy atom. The van der Waals surface area contributed by atoms with Crippen molar-refractivity contribution in [3.63, 3.8) is 0 Å². The minimum Gasteiger partial charge on any atom is -0.376 e. The number of hydrogen-bond donors (Lipinski definition) is 0. The molecule has 0 aromatic rings. The Kier molecular flexibility index (Phi) is 4.76. The van der Waals surface area contributed by atoms with E-state index in [0.717, 1.165) is 32.5 Å². The van der Waals surface area contributed by atoms with Crippen LogP contribution in [0.5, 0.6) is 0 Å². The standard InChI is InChI=1S/C13H24N2O/c1-5-12-9-16-11(2)8-15(12)7-6-13(3,4)10-14/h11-12H,5-9H2,1-4H3. The molecule has 2 unspecified atom stereocenters. The highest BCUT2D eigenvalue weighted by molar-refractivity contribution is 4.92. The van der Waals surface area contributed by atoms with E-state index in [-0.39, 0.29) is 5.41 Å². The van der Waals surface area contributed by atoms with Crippen LogP contribution in [0.25, 0.3) is 0 Å². The van der Waals surface area contributed by atoms with Crippen LogP contribution in [-0.2, 0) is 4.74 Å². The number of ether oxygens (including phenoxy) is 1. The number of morpholine rings is 1. The van der Waals surface area contributed by atoms with E-state index in [1.807, 2.05) is 13.8 Å². The van der Waals surface area contributed by atoms with Gasteiger partial charge in [-0.15, -0.1) is 0 Å². The van der Waals surface area contributed by atoms with Gasteiger partial charge in [0.15, 0.2) is 0 Å². The van der Waals surface area contributed by atoms with Crippen molar-refractivity contribution in [3.05, 3.63) is 0 Å². The summed E-state index contributed by atoms with van der Waals surface area (Å²) in [5.41, 5.74) is -0.208. The molecule has 0 N–H and O–H groups in total. The van der Waals surface area contributed by atoms with Crippen molar-refractivity contribution in [2.45, 2.75) is 52.7 Å². The number of hydrogen-bond acceptors (Lipinski definition) is 3. The SMILES string of the molecule is CCC1COC(C)CN1CCC(C)(C)C#N. The summed E-state index contributed by atoms with van der Waals surface area (Å²) in [6, 6.07) is 2.90. The van der Waals surface area contributed by atoms with Gasteiger partial charge in [0.25, 0.3) is 0 Å². The molecule has 0 amide bonds. The van der Waals surface area contributed by atoms with E-state index >= 15 is 0 Å². The first-order valence-corrected chi connectivity index (χ1v) is 6.25. The lowest BCUT2D eigenvalue weighted by atomic mass is 9.91. The zero-order chi connectivity index (χ0) is 12.2. The minimum absolute atomic E-state index is 0.208. The molecule has 0 saturated carbocycles. The van der Waals surface area contributed by atoms with Gasteiger partial charge < -0.3 is 4.74 Å². The second-order valence-corrected chi connectivity index (χ2v) is 5.45. The maximum Gasteiger partial charge on any atom is 0.0684 e. The van der Waals surface area contributed by atoms with Crippen LogP contribution >= 0.6 is 0 Å². The molecule has 1 rings (SSSR count). The first-order valence-electron chi connectivity index (χ1n) is 6.25. The second kappa shape index (κ2) is 5.65. The van der Waals surface area contributed by atoms with Gasteiger partial charge in [0, 0.05) is 19.1 Å². The van der Waals surface area contributed by atoms with Crippen LogP contribution in [0.4, 0.5) is 0 Å². The molecule has 0 aromatic heterocycles. The first kappa shape index (κ1) is 13.5. The molecule has 0 aromatic carbocycles. The smallest absolute Gasteiger partial charge is 0.0684 e. The Labute approximate surface area is 99.4 Å². The van der Waals surface area contributed by atoms with E-state index in [9.17, 15) is 0 Å². The van der Waals surface area contributed by atoms with Crippen LogP contribution < -0.4 is 0 Å². The summed E-state index contributed by atoms with van der Waals surface area (Å²) < 4.78 is 5.66. The molecule has 3 nitrogen and oxygen atoms in total. The predicted molar refractivity (Wildman–Crippen MR) is 65.1 cm³/mol. The fraction of sp³-hybridized carbons (Fsp3) is 0.923. The molecule has 3 heteroatoms. The third-order valence-electron chi connectivity index (χ3n) is 3.38. The van der Waals surface area contributed by atoms with Gasteiger partial charge in [0.05, 0.1) is 24.2 Å². The van der Waals surface area contributed by atoms with Gasteiger partial charge in [-0.05, 0) is 33.6 Å². The Hall–Kier alpha value is -0.590. The van der Waals surface area contributed by atoms with Gasteiger partial charge in [0.2, 0.25) is 0 Å². The fourth-order valence-electron chi connectivity index (χ4n) is 2.04. The minimum atomic E-state index is -0.208. The molecular weight excluding hydrogens is 200 g/mol. The van der Waals surface area contributed by atoms with Crippen molar-refractivity contribution in [1.29, 1.82) is 5.26 Å². The molecule has 1 fully saturated rings. The molecule has 0 aliphatic carbocycles. The highest BCUT2D eigenvalue weighted by Gasteiger charge is 2.27. The van der Waals surface area contributed by atoms with E-state index in [1.165, 1.54) is 0 Å². The molecule has 92 valence electrons. The summed E-state index contributed by atoms with van der Waals surface area (Å²) in [6.07, 6.45) is 2.39. The Morgan fingerprint density at radius 1 is 1.50 bits per heavy atom. The maximum atomic E-state index is 9.01. The quantitative estimate of drug-likeness (QED) is 0.736. The van der Waals surface area contributed by atoms with Crippen LogP contribution in [0.2, 0.25) is 0 Å². The normalized spacial score (nSPS) is 27.7. The van der Waals surface area contributed by atoms with Gasteiger partial charge in [-0.25, -0.2) is 0 Å². The van der Waals surface area contributed by atoms with Gasteiger partial charge in [0.1, 0.15) is 0 Å². The van der Waals surface area contributed by atoms with Crippen molar-refractivity contribution < 1.29 is 4.74 Å².